The highest BCUT2D eigenvalue weighted by Crippen LogP contribution is 2.40. The van der Waals surface area contributed by atoms with Gasteiger partial charge in [0.15, 0.2) is 0 Å². The summed E-state index contributed by atoms with van der Waals surface area (Å²) < 4.78 is 8.27. The molecule has 0 radical (unpaired) electrons. The molecular formula is C21H17N3OS2. The van der Waals surface area contributed by atoms with E-state index in [0.29, 0.717) is 6.61 Å². The van der Waals surface area contributed by atoms with Crippen LogP contribution in [0.4, 0.5) is 11.4 Å². The van der Waals surface area contributed by atoms with Crippen molar-refractivity contribution in [1.82, 2.24) is 9.97 Å². The molecule has 134 valence electrons. The Morgan fingerprint density at radius 3 is 2.81 bits per heavy atom. The van der Waals surface area contributed by atoms with E-state index in [1.165, 1.54) is 14.3 Å². The van der Waals surface area contributed by atoms with E-state index in [-0.39, 0.29) is 0 Å². The second kappa shape index (κ2) is 6.48. The molecule has 0 atom stereocenters. The minimum absolute atomic E-state index is 0.666. The third kappa shape index (κ3) is 2.81. The molecule has 0 fully saturated rings. The SMILES string of the molecule is CCOc1c(C)sc2cc3c(Nc4ccc5scnc5c4)ccnc3cc12. The average molecular weight is 392 g/mol. The number of aryl methyl sites for hydroxylation is 1. The number of hydrogen-bond donors (Lipinski definition) is 1. The molecule has 0 aliphatic heterocycles. The zero-order chi connectivity index (χ0) is 18.4. The molecular weight excluding hydrogens is 374 g/mol. The molecule has 0 aliphatic carbocycles. The molecule has 0 saturated heterocycles. The number of thiazole rings is 1. The predicted octanol–water partition coefficient (Wildman–Crippen LogP) is 6.51. The highest BCUT2D eigenvalue weighted by Gasteiger charge is 2.13. The molecule has 3 heterocycles. The van der Waals surface area contributed by atoms with Gasteiger partial charge in [-0.2, -0.15) is 0 Å². The van der Waals surface area contributed by atoms with Gasteiger partial charge >= 0.3 is 0 Å². The number of aromatic nitrogens is 2. The van der Waals surface area contributed by atoms with Crippen molar-refractivity contribution < 1.29 is 4.74 Å². The van der Waals surface area contributed by atoms with Gasteiger partial charge in [0.05, 0.1) is 27.9 Å². The minimum Gasteiger partial charge on any atom is -0.492 e. The van der Waals surface area contributed by atoms with Crippen LogP contribution in [0.25, 0.3) is 31.2 Å². The molecule has 1 N–H and O–H groups in total. The second-order valence-electron chi connectivity index (χ2n) is 6.30. The lowest BCUT2D eigenvalue weighted by atomic mass is 10.1. The van der Waals surface area contributed by atoms with E-state index in [4.69, 9.17) is 4.74 Å². The summed E-state index contributed by atoms with van der Waals surface area (Å²) in [6, 6.07) is 12.6. The number of pyridine rings is 1. The van der Waals surface area contributed by atoms with Crippen LogP contribution in [-0.2, 0) is 0 Å². The topological polar surface area (TPSA) is 47.0 Å². The van der Waals surface area contributed by atoms with Gasteiger partial charge in [-0.3, -0.25) is 4.98 Å². The van der Waals surface area contributed by atoms with Gasteiger partial charge < -0.3 is 10.1 Å². The zero-order valence-electron chi connectivity index (χ0n) is 14.9. The van der Waals surface area contributed by atoms with Gasteiger partial charge in [0.1, 0.15) is 5.75 Å². The Balaban J connectivity index is 1.63. The number of fused-ring (bicyclic) bond motifs is 3. The second-order valence-corrected chi connectivity index (χ2v) is 8.45. The fraction of sp³-hybridized carbons (Fsp3) is 0.143. The molecule has 5 aromatic rings. The van der Waals surface area contributed by atoms with Crippen LogP contribution in [0.3, 0.4) is 0 Å². The van der Waals surface area contributed by atoms with E-state index in [9.17, 15) is 0 Å². The van der Waals surface area contributed by atoms with Crippen LogP contribution in [0, 0.1) is 6.92 Å². The Labute approximate surface area is 164 Å². The maximum Gasteiger partial charge on any atom is 0.140 e. The highest BCUT2D eigenvalue weighted by atomic mass is 32.1. The van der Waals surface area contributed by atoms with Crippen molar-refractivity contribution in [3.8, 4) is 5.75 Å². The summed E-state index contributed by atoms with van der Waals surface area (Å²) in [5.41, 5.74) is 5.92. The van der Waals surface area contributed by atoms with E-state index in [1.807, 2.05) is 24.7 Å². The quantitative estimate of drug-likeness (QED) is 0.379. The van der Waals surface area contributed by atoms with Gasteiger partial charge in [0.25, 0.3) is 0 Å². The molecule has 27 heavy (non-hydrogen) atoms. The van der Waals surface area contributed by atoms with Crippen molar-refractivity contribution in [3.63, 3.8) is 0 Å². The third-order valence-corrected chi connectivity index (χ3v) is 6.43. The standard InChI is InChI=1S/C21H17N3OS2/c1-3-25-21-12(2)27-20-10-14-16(6-7-22-17(14)9-15(20)21)24-13-4-5-19-18(8-13)23-11-26-19/h4-11H,3H2,1-2H3,(H,22,24). The van der Waals surface area contributed by atoms with E-state index < -0.39 is 0 Å². The molecule has 0 bridgehead atoms. The largest absolute Gasteiger partial charge is 0.492 e. The van der Waals surface area contributed by atoms with E-state index in [1.54, 1.807) is 22.7 Å². The third-order valence-electron chi connectivity index (χ3n) is 4.57. The number of anilines is 2. The maximum absolute atomic E-state index is 5.86. The molecule has 0 aliphatic rings. The molecule has 5 rings (SSSR count). The average Bonchev–Trinajstić information content (AvgIpc) is 3.25. The summed E-state index contributed by atoms with van der Waals surface area (Å²) in [4.78, 5) is 10.2. The first kappa shape index (κ1) is 16.5. The van der Waals surface area contributed by atoms with Crippen molar-refractivity contribution in [3.05, 3.63) is 53.0 Å². The van der Waals surface area contributed by atoms with Gasteiger partial charge in [-0.05, 0) is 50.2 Å². The number of ether oxygens (including phenoxy) is 1. The van der Waals surface area contributed by atoms with Gasteiger partial charge in [-0.1, -0.05) is 0 Å². The highest BCUT2D eigenvalue weighted by molar-refractivity contribution is 7.19. The lowest BCUT2D eigenvalue weighted by Gasteiger charge is -2.10. The van der Waals surface area contributed by atoms with Gasteiger partial charge in [-0.25, -0.2) is 4.98 Å². The first-order valence-electron chi connectivity index (χ1n) is 8.78. The Hall–Kier alpha value is -2.70. The maximum atomic E-state index is 5.86. The zero-order valence-corrected chi connectivity index (χ0v) is 16.6. The first-order valence-corrected chi connectivity index (χ1v) is 10.5. The first-order chi connectivity index (χ1) is 13.2. The molecule has 6 heteroatoms. The molecule has 0 amide bonds. The number of nitrogens with zero attached hydrogens (tertiary/aromatic N) is 2. The molecule has 3 aromatic heterocycles. The van der Waals surface area contributed by atoms with Crippen LogP contribution in [0.1, 0.15) is 11.8 Å². The van der Waals surface area contributed by atoms with E-state index >= 15 is 0 Å². The molecule has 0 saturated carbocycles. The van der Waals surface area contributed by atoms with Crippen molar-refractivity contribution in [2.45, 2.75) is 13.8 Å². The Bertz CT molecular complexity index is 1290. The van der Waals surface area contributed by atoms with Crippen molar-refractivity contribution >= 4 is 65.3 Å². The van der Waals surface area contributed by atoms with Crippen molar-refractivity contribution in [2.75, 3.05) is 11.9 Å². The predicted molar refractivity (Wildman–Crippen MR) is 116 cm³/mol. The van der Waals surface area contributed by atoms with Gasteiger partial charge in [-0.15, -0.1) is 22.7 Å². The smallest absolute Gasteiger partial charge is 0.140 e. The molecule has 0 unspecified atom stereocenters. The van der Waals surface area contributed by atoms with Crippen LogP contribution in [0.5, 0.6) is 5.75 Å². The van der Waals surface area contributed by atoms with Crippen LogP contribution < -0.4 is 10.1 Å². The van der Waals surface area contributed by atoms with E-state index in [0.717, 1.165) is 38.9 Å². The summed E-state index contributed by atoms with van der Waals surface area (Å²) in [7, 11) is 0. The van der Waals surface area contributed by atoms with Crippen molar-refractivity contribution in [1.29, 1.82) is 0 Å². The number of thiophene rings is 1. The fourth-order valence-corrected chi connectivity index (χ4v) is 5.05. The summed E-state index contributed by atoms with van der Waals surface area (Å²) >= 11 is 3.42. The number of benzene rings is 2. The molecule has 2 aromatic carbocycles. The van der Waals surface area contributed by atoms with Gasteiger partial charge in [0.2, 0.25) is 0 Å². The number of hydrogen-bond acceptors (Lipinski definition) is 6. The van der Waals surface area contributed by atoms with Gasteiger partial charge in [0, 0.05) is 37.9 Å². The number of nitrogens with one attached hydrogen (secondary N) is 1. The summed E-state index contributed by atoms with van der Waals surface area (Å²) in [5.74, 6) is 0.980. The Kier molecular flexibility index (Phi) is 3.95. The fourth-order valence-electron chi connectivity index (χ4n) is 3.36. The van der Waals surface area contributed by atoms with E-state index in [2.05, 4.69) is 52.5 Å². The molecule has 0 spiro atoms. The number of rotatable bonds is 4. The lowest BCUT2D eigenvalue weighted by Crippen LogP contribution is -1.93. The summed E-state index contributed by atoms with van der Waals surface area (Å²) in [6.45, 7) is 4.79. The van der Waals surface area contributed by atoms with Crippen LogP contribution in [0.2, 0.25) is 0 Å². The summed E-state index contributed by atoms with van der Waals surface area (Å²) in [5, 5.41) is 5.78. The summed E-state index contributed by atoms with van der Waals surface area (Å²) in [6.07, 6.45) is 1.84. The van der Waals surface area contributed by atoms with Crippen LogP contribution in [-0.4, -0.2) is 16.6 Å². The minimum atomic E-state index is 0.666. The normalized spacial score (nSPS) is 11.5. The van der Waals surface area contributed by atoms with Crippen molar-refractivity contribution in [2.24, 2.45) is 0 Å². The van der Waals surface area contributed by atoms with Crippen LogP contribution in [0.15, 0.2) is 48.1 Å². The monoisotopic (exact) mass is 391 g/mol. The Morgan fingerprint density at radius 2 is 1.93 bits per heavy atom. The lowest BCUT2D eigenvalue weighted by molar-refractivity contribution is 0.343. The Morgan fingerprint density at radius 1 is 1.00 bits per heavy atom. The molecule has 4 nitrogen and oxygen atoms in total. The van der Waals surface area contributed by atoms with Crippen LogP contribution >= 0.6 is 22.7 Å².